The summed E-state index contributed by atoms with van der Waals surface area (Å²) < 4.78 is 5.56. The maximum absolute atomic E-state index is 5.56. The highest BCUT2D eigenvalue weighted by atomic mass is 16.3. The van der Waals surface area contributed by atoms with Crippen LogP contribution in [0.2, 0.25) is 0 Å². The highest BCUT2D eigenvalue weighted by Gasteiger charge is 2.25. The van der Waals surface area contributed by atoms with E-state index >= 15 is 0 Å². The van der Waals surface area contributed by atoms with Gasteiger partial charge < -0.3 is 4.42 Å². The minimum absolute atomic E-state index is 0.342. The van der Waals surface area contributed by atoms with Crippen molar-refractivity contribution in [3.63, 3.8) is 0 Å². The number of rotatable bonds is 4. The zero-order valence-electron chi connectivity index (χ0n) is 12.8. The lowest BCUT2D eigenvalue weighted by Gasteiger charge is -2.35. The minimum atomic E-state index is 0.342. The smallest absolute Gasteiger partial charge is 0.196 e. The van der Waals surface area contributed by atoms with E-state index in [0.29, 0.717) is 12.0 Å². The molecule has 0 saturated carbocycles. The van der Waals surface area contributed by atoms with Crippen LogP contribution in [0.15, 0.2) is 35.2 Å². The monoisotopic (exact) mass is 285 g/mol. The molecule has 0 aliphatic carbocycles. The van der Waals surface area contributed by atoms with E-state index in [1.165, 1.54) is 24.8 Å². The highest BCUT2D eigenvalue weighted by Crippen LogP contribution is 2.31. The topological polar surface area (TPSA) is 42.2 Å². The van der Waals surface area contributed by atoms with Gasteiger partial charge in [0.25, 0.3) is 0 Å². The Morgan fingerprint density at radius 1 is 1.38 bits per heavy atom. The molecule has 3 heterocycles. The Morgan fingerprint density at radius 3 is 3.00 bits per heavy atom. The van der Waals surface area contributed by atoms with E-state index in [-0.39, 0.29) is 0 Å². The van der Waals surface area contributed by atoms with Gasteiger partial charge in [0.05, 0.1) is 5.69 Å². The maximum Gasteiger partial charge on any atom is 0.196 e. The first-order chi connectivity index (χ1) is 10.2. The Morgan fingerprint density at radius 2 is 2.29 bits per heavy atom. The molecule has 2 aromatic heterocycles. The van der Waals surface area contributed by atoms with Crippen molar-refractivity contribution in [2.45, 2.75) is 51.6 Å². The van der Waals surface area contributed by atoms with Crippen molar-refractivity contribution in [3.05, 3.63) is 47.9 Å². The molecule has 2 aromatic rings. The normalized spacial score (nSPS) is 20.0. The van der Waals surface area contributed by atoms with Gasteiger partial charge in [0.1, 0.15) is 6.26 Å². The van der Waals surface area contributed by atoms with Gasteiger partial charge in [0.15, 0.2) is 5.89 Å². The van der Waals surface area contributed by atoms with Crippen LogP contribution < -0.4 is 0 Å². The summed E-state index contributed by atoms with van der Waals surface area (Å²) in [6.07, 6.45) is 9.37. The fraction of sp³-hybridized carbons (Fsp3) is 0.529. The van der Waals surface area contributed by atoms with Crippen LogP contribution in [0.1, 0.15) is 62.2 Å². The summed E-state index contributed by atoms with van der Waals surface area (Å²) in [7, 11) is 0. The molecule has 0 radical (unpaired) electrons. The van der Waals surface area contributed by atoms with Gasteiger partial charge in [0, 0.05) is 30.9 Å². The van der Waals surface area contributed by atoms with E-state index in [1.807, 2.05) is 24.7 Å². The summed E-state index contributed by atoms with van der Waals surface area (Å²) in [5, 5.41) is 0. The van der Waals surface area contributed by atoms with Gasteiger partial charge in [-0.05, 0) is 31.0 Å². The van der Waals surface area contributed by atoms with E-state index in [0.717, 1.165) is 24.7 Å². The fourth-order valence-electron chi connectivity index (χ4n) is 3.00. The predicted octanol–water partition coefficient (Wildman–Crippen LogP) is 3.92. The lowest BCUT2D eigenvalue weighted by Crippen LogP contribution is -2.33. The van der Waals surface area contributed by atoms with Gasteiger partial charge in [-0.1, -0.05) is 26.3 Å². The lowest BCUT2D eigenvalue weighted by molar-refractivity contribution is 0.138. The minimum Gasteiger partial charge on any atom is -0.448 e. The summed E-state index contributed by atoms with van der Waals surface area (Å²) in [5.74, 6) is 1.18. The summed E-state index contributed by atoms with van der Waals surface area (Å²) in [5.41, 5.74) is 2.35. The van der Waals surface area contributed by atoms with E-state index in [9.17, 15) is 0 Å². The molecule has 1 atom stereocenters. The second-order valence-electron chi connectivity index (χ2n) is 6.10. The molecule has 0 aromatic carbocycles. The summed E-state index contributed by atoms with van der Waals surface area (Å²) >= 11 is 0. The van der Waals surface area contributed by atoms with Crippen LogP contribution in [-0.2, 0) is 6.54 Å². The molecule has 1 saturated heterocycles. The van der Waals surface area contributed by atoms with E-state index < -0.39 is 0 Å². The Bertz CT molecular complexity index is 564. The fourth-order valence-corrected chi connectivity index (χ4v) is 3.00. The SMILES string of the molecule is CC(C)c1nc(CN2CCCCC2c2cccnc2)co1. The Balaban J connectivity index is 1.75. The molecule has 4 nitrogen and oxygen atoms in total. The van der Waals surface area contributed by atoms with E-state index in [2.05, 4.69) is 34.8 Å². The zero-order chi connectivity index (χ0) is 14.7. The molecule has 0 bridgehead atoms. The number of aromatic nitrogens is 2. The van der Waals surface area contributed by atoms with Gasteiger partial charge in [-0.15, -0.1) is 0 Å². The van der Waals surface area contributed by atoms with Crippen molar-refractivity contribution in [2.75, 3.05) is 6.54 Å². The molecule has 1 fully saturated rings. The molecule has 3 rings (SSSR count). The first-order valence-electron chi connectivity index (χ1n) is 7.82. The van der Waals surface area contributed by atoms with Crippen molar-refractivity contribution in [2.24, 2.45) is 0 Å². The van der Waals surface area contributed by atoms with Gasteiger partial charge >= 0.3 is 0 Å². The number of hydrogen-bond donors (Lipinski definition) is 0. The molecule has 112 valence electrons. The highest BCUT2D eigenvalue weighted by molar-refractivity contribution is 5.15. The van der Waals surface area contributed by atoms with Crippen LogP contribution in [-0.4, -0.2) is 21.4 Å². The third-order valence-electron chi connectivity index (χ3n) is 4.11. The van der Waals surface area contributed by atoms with E-state index in [1.54, 1.807) is 0 Å². The largest absolute Gasteiger partial charge is 0.448 e. The average molecular weight is 285 g/mol. The standard InChI is InChI=1S/C17H23N3O/c1-13(2)17-19-15(12-21-17)11-20-9-4-3-7-16(20)14-6-5-8-18-10-14/h5-6,8,10,12-13,16H,3-4,7,9,11H2,1-2H3. The van der Waals surface area contributed by atoms with Crippen LogP contribution in [0.25, 0.3) is 0 Å². The van der Waals surface area contributed by atoms with Crippen molar-refractivity contribution in [3.8, 4) is 0 Å². The molecular weight excluding hydrogens is 262 g/mol. The van der Waals surface area contributed by atoms with Crippen LogP contribution >= 0.6 is 0 Å². The van der Waals surface area contributed by atoms with Crippen molar-refractivity contribution < 1.29 is 4.42 Å². The van der Waals surface area contributed by atoms with Crippen molar-refractivity contribution in [1.29, 1.82) is 0 Å². The van der Waals surface area contributed by atoms with Gasteiger partial charge in [0.2, 0.25) is 0 Å². The molecule has 0 N–H and O–H groups in total. The second-order valence-corrected chi connectivity index (χ2v) is 6.10. The van der Waals surface area contributed by atoms with Crippen LogP contribution in [0, 0.1) is 0 Å². The van der Waals surface area contributed by atoms with Crippen molar-refractivity contribution in [1.82, 2.24) is 14.9 Å². The first kappa shape index (κ1) is 14.3. The summed E-state index contributed by atoms with van der Waals surface area (Å²) in [6, 6.07) is 4.65. The van der Waals surface area contributed by atoms with Crippen LogP contribution in [0.5, 0.6) is 0 Å². The number of likely N-dealkylation sites (tertiary alicyclic amines) is 1. The summed E-state index contributed by atoms with van der Waals surface area (Å²) in [6.45, 7) is 6.18. The van der Waals surface area contributed by atoms with Crippen LogP contribution in [0.4, 0.5) is 0 Å². The molecule has 4 heteroatoms. The molecule has 21 heavy (non-hydrogen) atoms. The second kappa shape index (κ2) is 6.39. The maximum atomic E-state index is 5.56. The van der Waals surface area contributed by atoms with Gasteiger partial charge in [-0.25, -0.2) is 4.98 Å². The third kappa shape index (κ3) is 3.32. The number of hydrogen-bond acceptors (Lipinski definition) is 4. The van der Waals surface area contributed by atoms with Gasteiger partial charge in [-0.2, -0.15) is 0 Å². The Hall–Kier alpha value is -1.68. The number of nitrogens with zero attached hydrogens (tertiary/aromatic N) is 3. The molecule has 0 spiro atoms. The quantitative estimate of drug-likeness (QED) is 0.854. The predicted molar refractivity (Wildman–Crippen MR) is 81.8 cm³/mol. The van der Waals surface area contributed by atoms with E-state index in [4.69, 9.17) is 4.42 Å². The molecule has 1 aliphatic rings. The number of piperidine rings is 1. The molecule has 1 aliphatic heterocycles. The molecule has 1 unspecified atom stereocenters. The average Bonchev–Trinajstić information content (AvgIpc) is 2.98. The Kier molecular flexibility index (Phi) is 4.34. The molecule has 0 amide bonds. The van der Waals surface area contributed by atoms with Gasteiger partial charge in [-0.3, -0.25) is 9.88 Å². The lowest BCUT2D eigenvalue weighted by atomic mass is 9.96. The number of pyridine rings is 1. The first-order valence-corrected chi connectivity index (χ1v) is 7.82. The summed E-state index contributed by atoms with van der Waals surface area (Å²) in [4.78, 5) is 11.4. The zero-order valence-corrected chi connectivity index (χ0v) is 12.8. The van der Waals surface area contributed by atoms with Crippen LogP contribution in [0.3, 0.4) is 0 Å². The number of oxazole rings is 1. The Labute approximate surface area is 126 Å². The van der Waals surface area contributed by atoms with Crippen molar-refractivity contribution >= 4 is 0 Å². The third-order valence-corrected chi connectivity index (χ3v) is 4.11. The molecular formula is C17H23N3O.